The van der Waals surface area contributed by atoms with Crippen LogP contribution in [0.4, 0.5) is 17.6 Å². The van der Waals surface area contributed by atoms with E-state index in [1.54, 1.807) is 0 Å². The third-order valence-corrected chi connectivity index (χ3v) is 7.38. The Labute approximate surface area is 143 Å². The van der Waals surface area contributed by atoms with Crippen molar-refractivity contribution in [2.75, 3.05) is 0 Å². The first-order valence-corrected chi connectivity index (χ1v) is 10.0. The Morgan fingerprint density at radius 3 is 1.83 bits per heavy atom. The van der Waals surface area contributed by atoms with Crippen LogP contribution in [0.3, 0.4) is 0 Å². The van der Waals surface area contributed by atoms with E-state index in [1.165, 1.54) is 25.7 Å². The highest BCUT2D eigenvalue weighted by Crippen LogP contribution is 2.47. The fourth-order valence-electron chi connectivity index (χ4n) is 5.73. The van der Waals surface area contributed by atoms with Crippen LogP contribution in [-0.2, 0) is 0 Å². The number of rotatable bonds is 3. The molecule has 0 aromatic rings. The summed E-state index contributed by atoms with van der Waals surface area (Å²) in [6.45, 7) is 2.30. The van der Waals surface area contributed by atoms with Gasteiger partial charge in [0.25, 0.3) is 0 Å². The van der Waals surface area contributed by atoms with E-state index in [2.05, 4.69) is 6.92 Å². The normalized spacial score (nSPS) is 47.8. The summed E-state index contributed by atoms with van der Waals surface area (Å²) < 4.78 is 54.4. The van der Waals surface area contributed by atoms with E-state index in [4.69, 9.17) is 0 Å². The van der Waals surface area contributed by atoms with Gasteiger partial charge in [0.1, 0.15) is 12.3 Å². The molecule has 6 unspecified atom stereocenters. The monoisotopic (exact) mass is 348 g/mol. The molecule has 0 aliphatic heterocycles. The van der Waals surface area contributed by atoms with Gasteiger partial charge in [-0.1, -0.05) is 19.8 Å². The van der Waals surface area contributed by atoms with Gasteiger partial charge >= 0.3 is 0 Å². The molecule has 0 saturated heterocycles. The minimum Gasteiger partial charge on any atom is -0.247 e. The Balaban J connectivity index is 1.51. The fourth-order valence-corrected chi connectivity index (χ4v) is 5.73. The van der Waals surface area contributed by atoms with Gasteiger partial charge in [-0.25, -0.2) is 17.6 Å². The molecule has 0 nitrogen and oxygen atoms in total. The maximum absolute atomic E-state index is 14.8. The summed E-state index contributed by atoms with van der Waals surface area (Å²) in [6.07, 6.45) is 3.55. The van der Waals surface area contributed by atoms with Crippen LogP contribution < -0.4 is 0 Å². The molecular formula is C20H32F4. The average Bonchev–Trinajstić information content (AvgIpc) is 2.55. The third kappa shape index (κ3) is 4.09. The van der Waals surface area contributed by atoms with Crippen LogP contribution >= 0.6 is 0 Å². The molecular weight excluding hydrogens is 316 g/mol. The highest BCUT2D eigenvalue weighted by molar-refractivity contribution is 4.92. The van der Waals surface area contributed by atoms with Crippen molar-refractivity contribution in [3.05, 3.63) is 0 Å². The van der Waals surface area contributed by atoms with Crippen molar-refractivity contribution in [2.45, 2.75) is 89.9 Å². The number of halogens is 4. The molecule has 0 bridgehead atoms. The summed E-state index contributed by atoms with van der Waals surface area (Å²) in [6, 6.07) is 0. The van der Waals surface area contributed by atoms with E-state index < -0.39 is 24.7 Å². The van der Waals surface area contributed by atoms with Crippen molar-refractivity contribution in [2.24, 2.45) is 35.5 Å². The van der Waals surface area contributed by atoms with Crippen molar-refractivity contribution < 1.29 is 17.6 Å². The quantitative estimate of drug-likeness (QED) is 0.505. The highest BCUT2D eigenvalue weighted by atomic mass is 19.3. The first-order valence-electron chi connectivity index (χ1n) is 10.0. The molecule has 24 heavy (non-hydrogen) atoms. The van der Waals surface area contributed by atoms with Crippen LogP contribution in [0.5, 0.6) is 0 Å². The predicted octanol–water partition coefficient (Wildman–Crippen LogP) is 6.59. The molecule has 6 atom stereocenters. The fraction of sp³-hybridized carbons (Fsp3) is 1.00. The van der Waals surface area contributed by atoms with Gasteiger partial charge in [-0.2, -0.15) is 0 Å². The van der Waals surface area contributed by atoms with E-state index in [0.29, 0.717) is 24.7 Å². The second kappa shape index (κ2) is 7.95. The summed E-state index contributed by atoms with van der Waals surface area (Å²) in [5.41, 5.74) is 0. The smallest absolute Gasteiger partial charge is 0.244 e. The standard InChI is InChI=1S/C20H32F4/c1-12-2-4-13(5-3-12)14-6-8-16(18(21)10-14)15-7-9-17(20(23)24)19(22)11-15/h12-20H,2-11H2,1H3. The molecule has 3 aliphatic rings. The van der Waals surface area contributed by atoms with Gasteiger partial charge in [0.05, 0.1) is 5.92 Å². The van der Waals surface area contributed by atoms with Gasteiger partial charge in [-0.3, -0.25) is 0 Å². The van der Waals surface area contributed by atoms with Crippen molar-refractivity contribution in [3.8, 4) is 0 Å². The van der Waals surface area contributed by atoms with E-state index in [9.17, 15) is 17.6 Å². The minimum atomic E-state index is -2.58. The van der Waals surface area contributed by atoms with Crippen molar-refractivity contribution in [1.82, 2.24) is 0 Å². The second-order valence-corrected chi connectivity index (χ2v) is 8.86. The zero-order valence-electron chi connectivity index (χ0n) is 14.8. The van der Waals surface area contributed by atoms with Crippen molar-refractivity contribution in [1.29, 1.82) is 0 Å². The van der Waals surface area contributed by atoms with Gasteiger partial charge in [-0.05, 0) is 81.0 Å². The molecule has 0 aromatic carbocycles. The lowest BCUT2D eigenvalue weighted by Crippen LogP contribution is -2.40. The molecule has 0 N–H and O–H groups in total. The van der Waals surface area contributed by atoms with Crippen LogP contribution in [-0.4, -0.2) is 18.8 Å². The summed E-state index contributed by atoms with van der Waals surface area (Å²) in [7, 11) is 0. The lowest BCUT2D eigenvalue weighted by Gasteiger charge is -2.43. The van der Waals surface area contributed by atoms with Gasteiger partial charge in [0, 0.05) is 0 Å². The van der Waals surface area contributed by atoms with Crippen LogP contribution in [0, 0.1) is 35.5 Å². The van der Waals surface area contributed by atoms with Gasteiger partial charge in [0.15, 0.2) is 0 Å². The molecule has 3 aliphatic carbocycles. The van der Waals surface area contributed by atoms with Gasteiger partial charge in [0.2, 0.25) is 6.43 Å². The van der Waals surface area contributed by atoms with E-state index >= 15 is 0 Å². The molecule has 0 amide bonds. The maximum Gasteiger partial charge on any atom is 0.244 e. The van der Waals surface area contributed by atoms with Gasteiger partial charge in [-0.15, -0.1) is 0 Å². The summed E-state index contributed by atoms with van der Waals surface area (Å²) in [5, 5.41) is 0. The van der Waals surface area contributed by atoms with Crippen LogP contribution in [0.25, 0.3) is 0 Å². The molecule has 140 valence electrons. The molecule has 0 radical (unpaired) electrons. The second-order valence-electron chi connectivity index (χ2n) is 8.86. The Morgan fingerprint density at radius 2 is 1.25 bits per heavy atom. The highest BCUT2D eigenvalue weighted by Gasteiger charge is 2.43. The SMILES string of the molecule is CC1CCC(C2CCC(C3CCC(C(F)F)C(F)C3)C(F)C2)CC1. The molecule has 3 saturated carbocycles. The predicted molar refractivity (Wildman–Crippen MR) is 88.6 cm³/mol. The summed E-state index contributed by atoms with van der Waals surface area (Å²) >= 11 is 0. The van der Waals surface area contributed by atoms with E-state index in [0.717, 1.165) is 18.8 Å². The first-order chi connectivity index (χ1) is 11.5. The van der Waals surface area contributed by atoms with Crippen molar-refractivity contribution >= 4 is 0 Å². The zero-order valence-corrected chi connectivity index (χ0v) is 14.8. The van der Waals surface area contributed by atoms with Crippen LogP contribution in [0.15, 0.2) is 0 Å². The lowest BCUT2D eigenvalue weighted by molar-refractivity contribution is -0.0326. The van der Waals surface area contributed by atoms with Crippen LogP contribution in [0.2, 0.25) is 0 Å². The Morgan fingerprint density at radius 1 is 0.667 bits per heavy atom. The molecule has 3 fully saturated rings. The molecule has 0 heterocycles. The molecule has 4 heteroatoms. The maximum atomic E-state index is 14.8. The zero-order chi connectivity index (χ0) is 17.3. The number of alkyl halides is 4. The Hall–Kier alpha value is -0.280. The summed E-state index contributed by atoms with van der Waals surface area (Å²) in [4.78, 5) is 0. The molecule has 0 spiro atoms. The largest absolute Gasteiger partial charge is 0.247 e. The third-order valence-electron chi connectivity index (χ3n) is 7.38. The first kappa shape index (κ1) is 18.5. The molecule has 0 aromatic heterocycles. The Kier molecular flexibility index (Phi) is 6.13. The lowest BCUT2D eigenvalue weighted by atomic mass is 9.64. The minimum absolute atomic E-state index is 0.0303. The van der Waals surface area contributed by atoms with Crippen molar-refractivity contribution in [3.63, 3.8) is 0 Å². The number of hydrogen-bond acceptors (Lipinski definition) is 0. The van der Waals surface area contributed by atoms with Crippen LogP contribution in [0.1, 0.15) is 71.1 Å². The Bertz CT molecular complexity index is 391. The molecule has 3 rings (SSSR count). The van der Waals surface area contributed by atoms with Gasteiger partial charge < -0.3 is 0 Å². The van der Waals surface area contributed by atoms with E-state index in [-0.39, 0.29) is 24.7 Å². The summed E-state index contributed by atoms with van der Waals surface area (Å²) in [5.74, 6) is 0.717. The van der Waals surface area contributed by atoms with E-state index in [1.807, 2.05) is 0 Å². The average molecular weight is 348 g/mol. The number of hydrogen-bond donors (Lipinski definition) is 0. The topological polar surface area (TPSA) is 0 Å².